The van der Waals surface area contributed by atoms with Gasteiger partial charge in [-0.15, -0.1) is 0 Å². The van der Waals surface area contributed by atoms with Crippen molar-refractivity contribution < 1.29 is 9.59 Å². The van der Waals surface area contributed by atoms with Crippen LogP contribution in [0.25, 0.3) is 16.9 Å². The highest BCUT2D eigenvalue weighted by molar-refractivity contribution is 6.06. The van der Waals surface area contributed by atoms with Crippen molar-refractivity contribution >= 4 is 29.0 Å². The largest absolute Gasteiger partial charge is 0.326 e. The van der Waals surface area contributed by atoms with Crippen molar-refractivity contribution in [3.63, 3.8) is 0 Å². The van der Waals surface area contributed by atoms with Crippen molar-refractivity contribution in [1.82, 2.24) is 9.38 Å². The van der Waals surface area contributed by atoms with Gasteiger partial charge in [-0.05, 0) is 30.3 Å². The van der Waals surface area contributed by atoms with Crippen molar-refractivity contribution in [2.45, 2.75) is 6.92 Å². The van der Waals surface area contributed by atoms with Gasteiger partial charge in [0.2, 0.25) is 5.91 Å². The molecular weight excluding hydrogens is 352 g/mol. The van der Waals surface area contributed by atoms with E-state index in [-0.39, 0.29) is 11.8 Å². The van der Waals surface area contributed by atoms with Crippen molar-refractivity contribution in [3.05, 3.63) is 84.6 Å². The molecule has 2 N–H and O–H groups in total. The van der Waals surface area contributed by atoms with E-state index >= 15 is 0 Å². The summed E-state index contributed by atoms with van der Waals surface area (Å²) < 4.78 is 1.85. The highest BCUT2D eigenvalue weighted by Gasteiger charge is 2.17. The molecule has 6 nitrogen and oxygen atoms in total. The Morgan fingerprint density at radius 3 is 2.46 bits per heavy atom. The monoisotopic (exact) mass is 370 g/mol. The van der Waals surface area contributed by atoms with Crippen LogP contribution in [0.15, 0.2) is 79.0 Å². The zero-order chi connectivity index (χ0) is 19.5. The standard InChI is InChI=1S/C22H18N4O2/c1-15(27)23-18-11-7-10-17(14-18)22(28)25-21-20(16-8-3-2-4-9-16)24-19-12-5-6-13-26(19)21/h2-14H,1H3,(H,23,27)(H,25,28). The first-order valence-electron chi connectivity index (χ1n) is 8.83. The van der Waals surface area contributed by atoms with E-state index in [2.05, 4.69) is 15.6 Å². The summed E-state index contributed by atoms with van der Waals surface area (Å²) in [7, 11) is 0. The highest BCUT2D eigenvalue weighted by Crippen LogP contribution is 2.29. The number of amides is 2. The molecule has 0 bridgehead atoms. The van der Waals surface area contributed by atoms with Gasteiger partial charge in [-0.1, -0.05) is 42.5 Å². The van der Waals surface area contributed by atoms with Gasteiger partial charge < -0.3 is 10.6 Å². The Hall–Kier alpha value is -3.93. The minimum atomic E-state index is -0.282. The minimum absolute atomic E-state index is 0.189. The smallest absolute Gasteiger partial charge is 0.256 e. The van der Waals surface area contributed by atoms with Gasteiger partial charge in [0.1, 0.15) is 17.2 Å². The third-order valence-corrected chi connectivity index (χ3v) is 4.25. The Morgan fingerprint density at radius 1 is 0.893 bits per heavy atom. The van der Waals surface area contributed by atoms with Gasteiger partial charge in [-0.2, -0.15) is 0 Å². The molecule has 0 saturated carbocycles. The van der Waals surface area contributed by atoms with Gasteiger partial charge in [0, 0.05) is 29.9 Å². The number of pyridine rings is 1. The minimum Gasteiger partial charge on any atom is -0.326 e. The van der Waals surface area contributed by atoms with Crippen molar-refractivity contribution in [2.75, 3.05) is 10.6 Å². The lowest BCUT2D eigenvalue weighted by atomic mass is 10.1. The molecule has 0 spiro atoms. The Kier molecular flexibility index (Phi) is 4.60. The molecule has 2 aromatic heterocycles. The predicted molar refractivity (Wildman–Crippen MR) is 109 cm³/mol. The second kappa shape index (κ2) is 7.36. The van der Waals surface area contributed by atoms with Crippen LogP contribution < -0.4 is 10.6 Å². The fraction of sp³-hybridized carbons (Fsp3) is 0.0455. The zero-order valence-corrected chi connectivity index (χ0v) is 15.2. The number of anilines is 2. The lowest BCUT2D eigenvalue weighted by Crippen LogP contribution is -2.15. The second-order valence-corrected chi connectivity index (χ2v) is 6.32. The topological polar surface area (TPSA) is 75.5 Å². The maximum Gasteiger partial charge on any atom is 0.256 e. The first-order chi connectivity index (χ1) is 13.6. The average molecular weight is 370 g/mol. The number of fused-ring (bicyclic) bond motifs is 1. The summed E-state index contributed by atoms with van der Waals surface area (Å²) in [6, 6.07) is 22.2. The van der Waals surface area contributed by atoms with E-state index in [9.17, 15) is 9.59 Å². The van der Waals surface area contributed by atoms with Gasteiger partial charge in [0.15, 0.2) is 0 Å². The number of carbonyl (C=O) groups excluding carboxylic acids is 2. The van der Waals surface area contributed by atoms with E-state index in [1.807, 2.05) is 59.1 Å². The number of rotatable bonds is 4. The molecular formula is C22H18N4O2. The van der Waals surface area contributed by atoms with Crippen LogP contribution in [0.2, 0.25) is 0 Å². The molecule has 6 heteroatoms. The molecule has 0 atom stereocenters. The molecule has 0 aliphatic rings. The lowest BCUT2D eigenvalue weighted by molar-refractivity contribution is -0.114. The fourth-order valence-corrected chi connectivity index (χ4v) is 3.03. The Morgan fingerprint density at radius 2 is 1.68 bits per heavy atom. The molecule has 2 heterocycles. The van der Waals surface area contributed by atoms with Crippen molar-refractivity contribution in [2.24, 2.45) is 0 Å². The van der Waals surface area contributed by atoms with E-state index in [0.717, 1.165) is 11.2 Å². The molecule has 28 heavy (non-hydrogen) atoms. The number of carbonyl (C=O) groups is 2. The summed E-state index contributed by atoms with van der Waals surface area (Å²) in [6.45, 7) is 1.43. The van der Waals surface area contributed by atoms with Gasteiger partial charge in [-0.25, -0.2) is 4.98 Å². The first-order valence-corrected chi connectivity index (χ1v) is 8.83. The maximum absolute atomic E-state index is 12.9. The van der Waals surface area contributed by atoms with E-state index in [0.29, 0.717) is 22.8 Å². The van der Waals surface area contributed by atoms with Crippen molar-refractivity contribution in [3.8, 4) is 11.3 Å². The summed E-state index contributed by atoms with van der Waals surface area (Å²) in [5, 5.41) is 5.67. The molecule has 0 saturated heterocycles. The zero-order valence-electron chi connectivity index (χ0n) is 15.2. The Balaban J connectivity index is 1.73. The number of benzene rings is 2. The normalized spacial score (nSPS) is 10.6. The quantitative estimate of drug-likeness (QED) is 0.565. The number of hydrogen-bond donors (Lipinski definition) is 2. The SMILES string of the molecule is CC(=O)Nc1cccc(C(=O)Nc2c(-c3ccccc3)nc3ccccn23)c1. The molecule has 2 amide bonds. The van der Waals surface area contributed by atoms with Gasteiger partial charge in [-0.3, -0.25) is 14.0 Å². The number of hydrogen-bond acceptors (Lipinski definition) is 3. The van der Waals surface area contributed by atoms with E-state index < -0.39 is 0 Å². The van der Waals surface area contributed by atoms with Crippen LogP contribution in [0.1, 0.15) is 17.3 Å². The van der Waals surface area contributed by atoms with Crippen LogP contribution in [0.4, 0.5) is 11.5 Å². The van der Waals surface area contributed by atoms with E-state index in [1.54, 1.807) is 24.3 Å². The van der Waals surface area contributed by atoms with Crippen molar-refractivity contribution in [1.29, 1.82) is 0 Å². The highest BCUT2D eigenvalue weighted by atomic mass is 16.2. The third kappa shape index (κ3) is 3.48. The van der Waals surface area contributed by atoms with E-state index in [1.165, 1.54) is 6.92 Å². The Labute approximate surface area is 161 Å². The first kappa shape index (κ1) is 17.5. The van der Waals surface area contributed by atoms with Crippen LogP contribution in [0, 0.1) is 0 Å². The molecule has 0 unspecified atom stereocenters. The lowest BCUT2D eigenvalue weighted by Gasteiger charge is -2.09. The fourth-order valence-electron chi connectivity index (χ4n) is 3.03. The summed E-state index contributed by atoms with van der Waals surface area (Å²) >= 11 is 0. The van der Waals surface area contributed by atoms with E-state index in [4.69, 9.17) is 0 Å². The molecule has 4 aromatic rings. The molecule has 0 fully saturated rings. The number of aromatic nitrogens is 2. The summed E-state index contributed by atoms with van der Waals surface area (Å²) in [4.78, 5) is 28.9. The van der Waals surface area contributed by atoms with Crippen LogP contribution in [0.3, 0.4) is 0 Å². The predicted octanol–water partition coefficient (Wildman–Crippen LogP) is 4.21. The van der Waals surface area contributed by atoms with Gasteiger partial charge in [0.25, 0.3) is 5.91 Å². The molecule has 0 radical (unpaired) electrons. The Bertz CT molecular complexity index is 1170. The average Bonchev–Trinajstić information content (AvgIpc) is 3.07. The third-order valence-electron chi connectivity index (χ3n) is 4.25. The molecule has 4 rings (SSSR count). The van der Waals surface area contributed by atoms with Crippen LogP contribution in [0.5, 0.6) is 0 Å². The summed E-state index contributed by atoms with van der Waals surface area (Å²) in [5.41, 5.74) is 3.35. The number of imidazole rings is 1. The summed E-state index contributed by atoms with van der Waals surface area (Å²) in [5.74, 6) is 0.123. The van der Waals surface area contributed by atoms with Crippen LogP contribution in [-0.2, 0) is 4.79 Å². The number of nitrogens with zero attached hydrogens (tertiary/aromatic N) is 2. The summed E-state index contributed by atoms with van der Waals surface area (Å²) in [6.07, 6.45) is 1.86. The van der Waals surface area contributed by atoms with Gasteiger partial charge in [0.05, 0.1) is 0 Å². The van der Waals surface area contributed by atoms with Gasteiger partial charge >= 0.3 is 0 Å². The molecule has 2 aromatic carbocycles. The number of nitrogens with one attached hydrogen (secondary N) is 2. The maximum atomic E-state index is 12.9. The molecule has 0 aliphatic heterocycles. The second-order valence-electron chi connectivity index (χ2n) is 6.32. The molecule has 138 valence electrons. The van der Waals surface area contributed by atoms with Crippen LogP contribution in [-0.4, -0.2) is 21.2 Å². The molecule has 0 aliphatic carbocycles. The van der Waals surface area contributed by atoms with Crippen LogP contribution >= 0.6 is 0 Å².